The first-order chi connectivity index (χ1) is 7.22. The second-order valence-electron chi connectivity index (χ2n) is 3.93. The maximum atomic E-state index is 4.59. The topological polar surface area (TPSA) is 38.7 Å². The van der Waals surface area contributed by atoms with Crippen molar-refractivity contribution in [3.8, 4) is 0 Å². The van der Waals surface area contributed by atoms with E-state index in [0.717, 1.165) is 28.8 Å². The number of hydrogen-bond donors (Lipinski definition) is 0. The molecule has 0 atom stereocenters. The average molecular weight is 201 g/mol. The molecule has 0 aromatic carbocycles. The van der Waals surface area contributed by atoms with E-state index in [1.54, 1.807) is 6.20 Å². The zero-order valence-electron chi connectivity index (χ0n) is 9.36. The normalized spacial score (nSPS) is 11.2. The minimum atomic E-state index is 0.384. The van der Waals surface area contributed by atoms with E-state index in [1.165, 1.54) is 0 Å². The van der Waals surface area contributed by atoms with Gasteiger partial charge in [0.2, 0.25) is 0 Å². The molecule has 2 heterocycles. The van der Waals surface area contributed by atoms with Crippen LogP contribution in [-0.4, -0.2) is 15.0 Å². The van der Waals surface area contributed by atoms with Gasteiger partial charge in [0.25, 0.3) is 0 Å². The Morgan fingerprint density at radius 2 is 2.07 bits per heavy atom. The zero-order chi connectivity index (χ0) is 10.8. The van der Waals surface area contributed by atoms with Crippen LogP contribution in [0.25, 0.3) is 11.0 Å². The molecular weight excluding hydrogens is 186 g/mol. The molecule has 2 rings (SSSR count). The lowest BCUT2D eigenvalue weighted by molar-refractivity contribution is 0.827. The van der Waals surface area contributed by atoms with Crippen molar-refractivity contribution < 1.29 is 0 Å². The molecule has 0 aliphatic rings. The summed E-state index contributed by atoms with van der Waals surface area (Å²) in [5.74, 6) is 0.384. The van der Waals surface area contributed by atoms with E-state index in [0.29, 0.717) is 5.92 Å². The van der Waals surface area contributed by atoms with E-state index in [4.69, 9.17) is 0 Å². The van der Waals surface area contributed by atoms with Gasteiger partial charge in [0, 0.05) is 12.4 Å². The lowest BCUT2D eigenvalue weighted by Gasteiger charge is -2.07. The summed E-state index contributed by atoms with van der Waals surface area (Å²) in [4.78, 5) is 13.4. The van der Waals surface area contributed by atoms with Gasteiger partial charge < -0.3 is 0 Å². The Balaban J connectivity index is 2.70. The molecule has 78 valence electrons. The lowest BCUT2D eigenvalue weighted by atomic mass is 10.1. The highest BCUT2D eigenvalue weighted by atomic mass is 14.8. The van der Waals surface area contributed by atoms with Gasteiger partial charge in [-0.05, 0) is 18.4 Å². The number of aryl methyl sites for hydroxylation is 1. The molecule has 0 spiro atoms. The minimum absolute atomic E-state index is 0.384. The third-order valence-corrected chi connectivity index (χ3v) is 2.45. The smallest absolute Gasteiger partial charge is 0.111 e. The van der Waals surface area contributed by atoms with Crippen LogP contribution in [0.3, 0.4) is 0 Å². The van der Waals surface area contributed by atoms with Gasteiger partial charge >= 0.3 is 0 Å². The Bertz CT molecular complexity index is 477. The molecule has 0 aliphatic heterocycles. The van der Waals surface area contributed by atoms with Crippen molar-refractivity contribution in [1.82, 2.24) is 15.0 Å². The van der Waals surface area contributed by atoms with Gasteiger partial charge in [-0.15, -0.1) is 0 Å². The summed E-state index contributed by atoms with van der Waals surface area (Å²) in [5, 5.41) is 0. The van der Waals surface area contributed by atoms with Crippen LogP contribution in [0.1, 0.15) is 38.1 Å². The molecule has 2 aromatic heterocycles. The first-order valence-electron chi connectivity index (χ1n) is 5.33. The van der Waals surface area contributed by atoms with Crippen LogP contribution in [0.15, 0.2) is 18.5 Å². The first-order valence-corrected chi connectivity index (χ1v) is 5.33. The van der Waals surface area contributed by atoms with Crippen molar-refractivity contribution in [2.45, 2.75) is 33.1 Å². The van der Waals surface area contributed by atoms with Crippen LogP contribution in [0.2, 0.25) is 0 Å². The Morgan fingerprint density at radius 1 is 1.27 bits per heavy atom. The predicted octanol–water partition coefficient (Wildman–Crippen LogP) is 2.71. The molecule has 0 amide bonds. The van der Waals surface area contributed by atoms with Crippen LogP contribution in [0, 0.1) is 0 Å². The molecule has 15 heavy (non-hydrogen) atoms. The molecule has 0 aliphatic carbocycles. The van der Waals surface area contributed by atoms with Gasteiger partial charge in [0.05, 0.1) is 16.9 Å². The number of aromatic nitrogens is 3. The summed E-state index contributed by atoms with van der Waals surface area (Å²) in [7, 11) is 0. The summed E-state index contributed by atoms with van der Waals surface area (Å²) in [6.07, 6.45) is 4.56. The summed E-state index contributed by atoms with van der Waals surface area (Å²) < 4.78 is 0. The fraction of sp³-hybridized carbons (Fsp3) is 0.417. The van der Waals surface area contributed by atoms with Crippen molar-refractivity contribution >= 4 is 11.0 Å². The summed E-state index contributed by atoms with van der Waals surface area (Å²) in [6, 6.07) is 1.91. The number of rotatable bonds is 2. The van der Waals surface area contributed by atoms with E-state index in [-0.39, 0.29) is 0 Å². The van der Waals surface area contributed by atoms with Gasteiger partial charge in [-0.1, -0.05) is 20.8 Å². The lowest BCUT2D eigenvalue weighted by Crippen LogP contribution is -1.99. The van der Waals surface area contributed by atoms with Gasteiger partial charge in [-0.2, -0.15) is 0 Å². The Kier molecular flexibility index (Phi) is 2.62. The highest BCUT2D eigenvalue weighted by molar-refractivity contribution is 5.76. The van der Waals surface area contributed by atoms with Crippen molar-refractivity contribution in [3.05, 3.63) is 29.8 Å². The summed E-state index contributed by atoms with van der Waals surface area (Å²) in [5.41, 5.74) is 3.95. The van der Waals surface area contributed by atoms with Gasteiger partial charge in [-0.25, -0.2) is 4.98 Å². The van der Waals surface area contributed by atoms with E-state index in [2.05, 4.69) is 35.7 Å². The SMILES string of the molecule is CCc1cnc2ccnc(C(C)C)c2n1. The number of fused-ring (bicyclic) bond motifs is 1. The second kappa shape index (κ2) is 3.93. The van der Waals surface area contributed by atoms with Gasteiger partial charge in [0.15, 0.2) is 0 Å². The average Bonchev–Trinajstić information content (AvgIpc) is 2.27. The molecule has 0 bridgehead atoms. The quantitative estimate of drug-likeness (QED) is 0.749. The number of nitrogens with zero attached hydrogens (tertiary/aromatic N) is 3. The van der Waals surface area contributed by atoms with Crippen LogP contribution < -0.4 is 0 Å². The fourth-order valence-corrected chi connectivity index (χ4v) is 1.59. The van der Waals surface area contributed by atoms with Crippen LogP contribution >= 0.6 is 0 Å². The zero-order valence-corrected chi connectivity index (χ0v) is 9.36. The van der Waals surface area contributed by atoms with Crippen molar-refractivity contribution in [2.24, 2.45) is 0 Å². The largest absolute Gasteiger partial charge is 0.259 e. The molecule has 0 saturated carbocycles. The molecule has 0 N–H and O–H groups in total. The monoisotopic (exact) mass is 201 g/mol. The maximum absolute atomic E-state index is 4.59. The Labute approximate surface area is 89.6 Å². The predicted molar refractivity (Wildman–Crippen MR) is 60.8 cm³/mol. The molecule has 0 radical (unpaired) electrons. The summed E-state index contributed by atoms with van der Waals surface area (Å²) in [6.45, 7) is 6.34. The van der Waals surface area contributed by atoms with Gasteiger partial charge in [0.1, 0.15) is 5.52 Å². The number of hydrogen-bond acceptors (Lipinski definition) is 3. The molecule has 3 heteroatoms. The van der Waals surface area contributed by atoms with Crippen LogP contribution in [0.5, 0.6) is 0 Å². The third kappa shape index (κ3) is 1.82. The first kappa shape index (κ1) is 10.0. The van der Waals surface area contributed by atoms with E-state index in [1.807, 2.05) is 12.3 Å². The second-order valence-corrected chi connectivity index (χ2v) is 3.93. The van der Waals surface area contributed by atoms with Crippen LogP contribution in [0.4, 0.5) is 0 Å². The molecule has 3 nitrogen and oxygen atoms in total. The highest BCUT2D eigenvalue weighted by Gasteiger charge is 2.08. The molecule has 2 aromatic rings. The standard InChI is InChI=1S/C12H15N3/c1-4-9-7-14-10-5-6-13-11(8(2)3)12(10)15-9/h5-8H,4H2,1-3H3. The van der Waals surface area contributed by atoms with Crippen molar-refractivity contribution in [1.29, 1.82) is 0 Å². The molecule has 0 saturated heterocycles. The van der Waals surface area contributed by atoms with Crippen molar-refractivity contribution in [2.75, 3.05) is 0 Å². The van der Waals surface area contributed by atoms with E-state index < -0.39 is 0 Å². The maximum Gasteiger partial charge on any atom is 0.111 e. The van der Waals surface area contributed by atoms with Crippen molar-refractivity contribution in [3.63, 3.8) is 0 Å². The Hall–Kier alpha value is -1.51. The van der Waals surface area contributed by atoms with Gasteiger partial charge in [-0.3, -0.25) is 9.97 Å². The minimum Gasteiger partial charge on any atom is -0.259 e. The highest BCUT2D eigenvalue weighted by Crippen LogP contribution is 2.20. The van der Waals surface area contributed by atoms with E-state index >= 15 is 0 Å². The summed E-state index contributed by atoms with van der Waals surface area (Å²) >= 11 is 0. The Morgan fingerprint density at radius 3 is 2.73 bits per heavy atom. The fourth-order valence-electron chi connectivity index (χ4n) is 1.59. The number of pyridine rings is 1. The van der Waals surface area contributed by atoms with Crippen LogP contribution in [-0.2, 0) is 6.42 Å². The molecule has 0 fully saturated rings. The molecular formula is C12H15N3. The molecule has 0 unspecified atom stereocenters. The third-order valence-electron chi connectivity index (χ3n) is 2.45. The van der Waals surface area contributed by atoms with E-state index in [9.17, 15) is 0 Å².